The van der Waals surface area contributed by atoms with Crippen LogP contribution < -0.4 is 14.8 Å². The van der Waals surface area contributed by atoms with Crippen molar-refractivity contribution < 1.29 is 28.2 Å². The summed E-state index contributed by atoms with van der Waals surface area (Å²) in [6.45, 7) is 3.78. The van der Waals surface area contributed by atoms with Gasteiger partial charge in [0.25, 0.3) is 0 Å². The predicted molar refractivity (Wildman–Crippen MR) is 106 cm³/mol. The lowest BCUT2D eigenvalue weighted by atomic mass is 10.1. The first kappa shape index (κ1) is 21.7. The predicted octanol–water partition coefficient (Wildman–Crippen LogP) is 3.88. The van der Waals surface area contributed by atoms with E-state index in [4.69, 9.17) is 18.5 Å². The summed E-state index contributed by atoms with van der Waals surface area (Å²) in [6.07, 6.45) is 6.05. The van der Waals surface area contributed by atoms with Crippen molar-refractivity contribution in [1.82, 2.24) is 9.97 Å². The molecule has 10 heteroatoms. The van der Waals surface area contributed by atoms with E-state index < -0.39 is 7.60 Å². The molecule has 0 unspecified atom stereocenters. The average Bonchev–Trinajstić information content (AvgIpc) is 2.70. The van der Waals surface area contributed by atoms with Crippen LogP contribution in [0.1, 0.15) is 19.4 Å². The smallest absolute Gasteiger partial charge is 0.363 e. The van der Waals surface area contributed by atoms with Crippen LogP contribution in [0.15, 0.2) is 36.9 Å². The molecule has 0 aliphatic rings. The van der Waals surface area contributed by atoms with Gasteiger partial charge in [0.2, 0.25) is 5.75 Å². The SMILES string of the molecule is CCOP(=O)(OCC)/C(=C\Nc1cnccn1)c1cc(OC)c(O)c(OC)c1. The van der Waals surface area contributed by atoms with E-state index in [1.165, 1.54) is 51.1 Å². The number of hydrogen-bond donors (Lipinski definition) is 2. The number of nitrogens with one attached hydrogen (secondary N) is 1. The maximum absolute atomic E-state index is 13.5. The van der Waals surface area contributed by atoms with Gasteiger partial charge in [-0.25, -0.2) is 4.98 Å². The summed E-state index contributed by atoms with van der Waals surface area (Å²) in [7, 11) is -0.893. The van der Waals surface area contributed by atoms with Crippen molar-refractivity contribution in [2.75, 3.05) is 32.8 Å². The third-order valence-electron chi connectivity index (χ3n) is 3.59. The lowest BCUT2D eigenvalue weighted by Gasteiger charge is -2.21. The summed E-state index contributed by atoms with van der Waals surface area (Å²) in [5, 5.41) is 13.3. The molecule has 28 heavy (non-hydrogen) atoms. The lowest BCUT2D eigenvalue weighted by Crippen LogP contribution is -2.02. The molecule has 0 aliphatic carbocycles. The molecule has 0 bridgehead atoms. The molecule has 2 aromatic rings. The number of benzene rings is 1. The van der Waals surface area contributed by atoms with Crippen molar-refractivity contribution >= 4 is 18.7 Å². The quantitative estimate of drug-likeness (QED) is 0.565. The molecular weight excluding hydrogens is 385 g/mol. The number of phenols is 1. The van der Waals surface area contributed by atoms with Crippen molar-refractivity contribution in [2.24, 2.45) is 0 Å². The standard InChI is InChI=1S/C18H24N3O6P/c1-5-26-28(23,27-6-2)16(11-21-17-12-19-7-8-20-17)13-9-14(24-3)18(22)15(10-13)25-4/h7-12,22H,5-6H2,1-4H3,(H,20,21)/b16-11-. The van der Waals surface area contributed by atoms with Crippen LogP contribution in [0, 0.1) is 0 Å². The Morgan fingerprint density at radius 3 is 2.21 bits per heavy atom. The summed E-state index contributed by atoms with van der Waals surface area (Å²) in [5.74, 6) is 0.577. The van der Waals surface area contributed by atoms with Crippen LogP contribution in [0.2, 0.25) is 0 Å². The monoisotopic (exact) mass is 409 g/mol. The highest BCUT2D eigenvalue weighted by Crippen LogP contribution is 2.61. The van der Waals surface area contributed by atoms with Crippen LogP contribution >= 0.6 is 7.60 Å². The van der Waals surface area contributed by atoms with Crippen LogP contribution in [0.25, 0.3) is 5.31 Å². The number of aromatic nitrogens is 2. The van der Waals surface area contributed by atoms with Crippen LogP contribution in [0.4, 0.5) is 5.82 Å². The van der Waals surface area contributed by atoms with Crippen molar-refractivity contribution in [3.05, 3.63) is 42.5 Å². The first-order valence-corrected chi connectivity index (χ1v) is 10.1. The second-order valence-electron chi connectivity index (χ2n) is 5.33. The minimum atomic E-state index is -3.71. The summed E-state index contributed by atoms with van der Waals surface area (Å²) >= 11 is 0. The zero-order valence-corrected chi connectivity index (χ0v) is 17.1. The molecule has 0 amide bonds. The van der Waals surface area contributed by atoms with Crippen LogP contribution in [0.3, 0.4) is 0 Å². The molecule has 152 valence electrons. The first-order valence-electron chi connectivity index (χ1n) is 8.56. The van der Waals surface area contributed by atoms with Gasteiger partial charge < -0.3 is 28.9 Å². The zero-order chi connectivity index (χ0) is 20.6. The summed E-state index contributed by atoms with van der Waals surface area (Å²) in [4.78, 5) is 8.10. The number of phenolic OH excluding ortho intramolecular Hbond substituents is 1. The van der Waals surface area contributed by atoms with Gasteiger partial charge in [0.05, 0.1) is 38.9 Å². The van der Waals surface area contributed by atoms with Gasteiger partial charge in [-0.3, -0.25) is 9.55 Å². The van der Waals surface area contributed by atoms with E-state index in [2.05, 4.69) is 15.3 Å². The molecule has 1 heterocycles. The van der Waals surface area contributed by atoms with Gasteiger partial charge in [0.1, 0.15) is 5.82 Å². The summed E-state index contributed by atoms with van der Waals surface area (Å²) in [6, 6.07) is 3.04. The number of ether oxygens (including phenoxy) is 2. The average molecular weight is 409 g/mol. The van der Waals surface area contributed by atoms with Gasteiger partial charge >= 0.3 is 7.60 Å². The number of anilines is 1. The normalized spacial score (nSPS) is 11.9. The Hall–Kier alpha value is -2.61. The van der Waals surface area contributed by atoms with E-state index in [9.17, 15) is 9.67 Å². The fraction of sp³-hybridized carbons (Fsp3) is 0.333. The molecule has 0 saturated heterocycles. The second-order valence-corrected chi connectivity index (χ2v) is 7.32. The number of aromatic hydroxyl groups is 1. The van der Waals surface area contributed by atoms with Crippen molar-refractivity contribution in [2.45, 2.75) is 13.8 Å². The largest absolute Gasteiger partial charge is 0.502 e. The molecule has 0 spiro atoms. The van der Waals surface area contributed by atoms with Gasteiger partial charge in [-0.2, -0.15) is 0 Å². The highest BCUT2D eigenvalue weighted by atomic mass is 31.2. The molecule has 1 aromatic carbocycles. The van der Waals surface area contributed by atoms with Crippen LogP contribution in [-0.2, 0) is 13.6 Å². The molecule has 9 nitrogen and oxygen atoms in total. The molecule has 0 radical (unpaired) electrons. The Kier molecular flexibility index (Phi) is 7.80. The third-order valence-corrected chi connectivity index (χ3v) is 5.76. The summed E-state index contributed by atoms with van der Waals surface area (Å²) in [5.41, 5.74) is 0.424. The fourth-order valence-corrected chi connectivity index (χ4v) is 4.09. The lowest BCUT2D eigenvalue weighted by molar-refractivity contribution is 0.230. The second kappa shape index (κ2) is 10.1. The highest BCUT2D eigenvalue weighted by Gasteiger charge is 2.32. The molecule has 0 fully saturated rings. The maximum atomic E-state index is 13.5. The van der Waals surface area contributed by atoms with Gasteiger partial charge in [0.15, 0.2) is 11.5 Å². The van der Waals surface area contributed by atoms with E-state index in [1.807, 2.05) is 0 Å². The number of methoxy groups -OCH3 is 2. The molecule has 2 rings (SSSR count). The van der Waals surface area contributed by atoms with E-state index in [-0.39, 0.29) is 35.8 Å². The van der Waals surface area contributed by atoms with Crippen molar-refractivity contribution in [1.29, 1.82) is 0 Å². The molecule has 0 saturated carbocycles. The minimum Gasteiger partial charge on any atom is -0.502 e. The van der Waals surface area contributed by atoms with Gasteiger partial charge in [-0.05, 0) is 31.5 Å². The number of rotatable bonds is 10. The third kappa shape index (κ3) is 5.01. The number of nitrogens with zero attached hydrogens (tertiary/aromatic N) is 2. The Morgan fingerprint density at radius 1 is 1.14 bits per heavy atom. The topological polar surface area (TPSA) is 112 Å². The Bertz CT molecular complexity index is 825. The Balaban J connectivity index is 2.62. The van der Waals surface area contributed by atoms with Crippen molar-refractivity contribution in [3.8, 4) is 17.2 Å². The van der Waals surface area contributed by atoms with E-state index >= 15 is 0 Å². The minimum absolute atomic E-state index is 0.152. The zero-order valence-electron chi connectivity index (χ0n) is 16.2. The van der Waals surface area contributed by atoms with E-state index in [0.29, 0.717) is 11.4 Å². The fourth-order valence-electron chi connectivity index (χ4n) is 2.39. The Labute approximate surface area is 163 Å². The first-order chi connectivity index (χ1) is 13.5. The molecular formula is C18H24N3O6P. The molecule has 1 aromatic heterocycles. The van der Waals surface area contributed by atoms with E-state index in [1.54, 1.807) is 13.8 Å². The van der Waals surface area contributed by atoms with Crippen molar-refractivity contribution in [3.63, 3.8) is 0 Å². The molecule has 0 aliphatic heterocycles. The van der Waals surface area contributed by atoms with Crippen LogP contribution in [-0.4, -0.2) is 42.5 Å². The van der Waals surface area contributed by atoms with Gasteiger partial charge in [0, 0.05) is 18.6 Å². The molecule has 0 atom stereocenters. The highest BCUT2D eigenvalue weighted by molar-refractivity contribution is 7.65. The summed E-state index contributed by atoms with van der Waals surface area (Å²) < 4.78 is 34.9. The van der Waals surface area contributed by atoms with E-state index in [0.717, 1.165) is 0 Å². The maximum Gasteiger partial charge on any atom is 0.363 e. The number of hydrogen-bond acceptors (Lipinski definition) is 9. The Morgan fingerprint density at radius 2 is 1.75 bits per heavy atom. The van der Waals surface area contributed by atoms with Gasteiger partial charge in [-0.1, -0.05) is 0 Å². The molecule has 2 N–H and O–H groups in total. The van der Waals surface area contributed by atoms with Gasteiger partial charge in [-0.15, -0.1) is 0 Å². The van der Waals surface area contributed by atoms with Crippen LogP contribution in [0.5, 0.6) is 17.2 Å².